The first-order chi connectivity index (χ1) is 16.6. The van der Waals surface area contributed by atoms with Crippen molar-refractivity contribution in [3.63, 3.8) is 0 Å². The minimum Gasteiger partial charge on any atom is -0.358 e. The van der Waals surface area contributed by atoms with Crippen molar-refractivity contribution in [3.8, 4) is 0 Å². The second-order valence-corrected chi connectivity index (χ2v) is 9.62. The molecule has 4 rings (SSSR count). The van der Waals surface area contributed by atoms with Crippen molar-refractivity contribution < 1.29 is 19.2 Å². The minimum atomic E-state index is -0.173. The molecule has 0 atom stereocenters. The largest absolute Gasteiger partial charge is 0.358 e. The predicted octanol–water partition coefficient (Wildman–Crippen LogP) is 1.26. The molecule has 2 aliphatic heterocycles. The van der Waals surface area contributed by atoms with Gasteiger partial charge >= 0.3 is 0 Å². The van der Waals surface area contributed by atoms with Crippen LogP contribution in [0.4, 0.5) is 5.69 Å². The molecule has 2 heterocycles. The fourth-order valence-corrected chi connectivity index (χ4v) is 4.93. The lowest BCUT2D eigenvalue weighted by Gasteiger charge is -2.38. The molecule has 3 fully saturated rings. The average molecular weight is 470 g/mol. The molecule has 4 amide bonds. The van der Waals surface area contributed by atoms with E-state index in [4.69, 9.17) is 0 Å². The van der Waals surface area contributed by atoms with Gasteiger partial charge in [0.25, 0.3) is 5.91 Å². The molecule has 2 saturated heterocycles. The van der Waals surface area contributed by atoms with Crippen LogP contribution in [-0.4, -0.2) is 91.7 Å². The Bertz CT molecular complexity index is 887. The SMILES string of the molecule is O=CNCCC(=O)Nc1cc(C(=O)N2CCN(CC3CCN(C=O)CC3)CC2)ccc1C1CC1. The van der Waals surface area contributed by atoms with E-state index in [0.29, 0.717) is 42.6 Å². The summed E-state index contributed by atoms with van der Waals surface area (Å²) in [7, 11) is 0. The number of piperazine rings is 1. The number of carbonyl (C=O) groups is 4. The molecule has 34 heavy (non-hydrogen) atoms. The zero-order valence-electron chi connectivity index (χ0n) is 19.7. The normalized spacial score (nSPS) is 19.5. The second kappa shape index (κ2) is 11.5. The fourth-order valence-electron chi connectivity index (χ4n) is 4.93. The monoisotopic (exact) mass is 469 g/mol. The summed E-state index contributed by atoms with van der Waals surface area (Å²) in [4.78, 5) is 53.0. The lowest BCUT2D eigenvalue weighted by molar-refractivity contribution is -0.119. The molecule has 0 unspecified atom stereocenters. The Morgan fingerprint density at radius 1 is 0.971 bits per heavy atom. The van der Waals surface area contributed by atoms with E-state index in [-0.39, 0.29) is 24.8 Å². The summed E-state index contributed by atoms with van der Waals surface area (Å²) in [6, 6.07) is 5.67. The van der Waals surface area contributed by atoms with Crippen molar-refractivity contribution in [1.82, 2.24) is 20.0 Å². The summed E-state index contributed by atoms with van der Waals surface area (Å²) >= 11 is 0. The average Bonchev–Trinajstić information content (AvgIpc) is 3.70. The van der Waals surface area contributed by atoms with E-state index >= 15 is 0 Å². The lowest BCUT2D eigenvalue weighted by Crippen LogP contribution is -2.50. The van der Waals surface area contributed by atoms with Crippen LogP contribution >= 0.6 is 0 Å². The van der Waals surface area contributed by atoms with Crippen molar-refractivity contribution in [1.29, 1.82) is 0 Å². The van der Waals surface area contributed by atoms with Gasteiger partial charge in [-0.05, 0) is 55.2 Å². The topological polar surface area (TPSA) is 102 Å². The third-order valence-electron chi connectivity index (χ3n) is 7.15. The number of benzene rings is 1. The molecule has 9 heteroatoms. The molecule has 1 aliphatic carbocycles. The van der Waals surface area contributed by atoms with Crippen LogP contribution < -0.4 is 10.6 Å². The molecule has 1 aromatic rings. The van der Waals surface area contributed by atoms with Crippen molar-refractivity contribution in [3.05, 3.63) is 29.3 Å². The number of hydrogen-bond donors (Lipinski definition) is 2. The Hall–Kier alpha value is -2.94. The highest BCUT2D eigenvalue weighted by molar-refractivity contribution is 5.98. The number of piperidine rings is 1. The number of amides is 4. The number of nitrogens with one attached hydrogen (secondary N) is 2. The van der Waals surface area contributed by atoms with Crippen LogP contribution in [0.5, 0.6) is 0 Å². The molecular formula is C25H35N5O4. The van der Waals surface area contributed by atoms with Crippen molar-refractivity contribution in [2.45, 2.75) is 38.0 Å². The Morgan fingerprint density at radius 3 is 2.35 bits per heavy atom. The zero-order valence-corrected chi connectivity index (χ0v) is 19.7. The Balaban J connectivity index is 1.31. The third kappa shape index (κ3) is 6.34. The van der Waals surface area contributed by atoms with Gasteiger partial charge in [0.05, 0.1) is 0 Å². The van der Waals surface area contributed by atoms with Crippen molar-refractivity contribution >= 4 is 30.3 Å². The Morgan fingerprint density at radius 2 is 1.71 bits per heavy atom. The minimum absolute atomic E-state index is 0.000548. The van der Waals surface area contributed by atoms with E-state index < -0.39 is 0 Å². The summed E-state index contributed by atoms with van der Waals surface area (Å²) < 4.78 is 0. The zero-order chi connectivity index (χ0) is 23.9. The van der Waals surface area contributed by atoms with Crippen LogP contribution in [0.1, 0.15) is 53.9 Å². The highest BCUT2D eigenvalue weighted by Crippen LogP contribution is 2.43. The molecule has 2 N–H and O–H groups in total. The van der Waals surface area contributed by atoms with E-state index in [2.05, 4.69) is 15.5 Å². The summed E-state index contributed by atoms with van der Waals surface area (Å²) in [6.45, 7) is 6.09. The first-order valence-electron chi connectivity index (χ1n) is 12.4. The third-order valence-corrected chi connectivity index (χ3v) is 7.15. The quantitative estimate of drug-likeness (QED) is 0.397. The highest BCUT2D eigenvalue weighted by Gasteiger charge is 2.29. The molecule has 0 aromatic heterocycles. The van der Waals surface area contributed by atoms with Crippen LogP contribution in [-0.2, 0) is 14.4 Å². The molecule has 0 spiro atoms. The number of likely N-dealkylation sites (tertiary alicyclic amines) is 1. The highest BCUT2D eigenvalue weighted by atomic mass is 16.2. The first-order valence-corrected chi connectivity index (χ1v) is 12.4. The van der Waals surface area contributed by atoms with Gasteiger partial charge in [0.2, 0.25) is 18.7 Å². The molecule has 1 aromatic carbocycles. The van der Waals surface area contributed by atoms with Gasteiger partial charge in [-0.3, -0.25) is 24.1 Å². The van der Waals surface area contributed by atoms with Crippen LogP contribution in [0, 0.1) is 5.92 Å². The molecule has 1 saturated carbocycles. The van der Waals surface area contributed by atoms with E-state index in [0.717, 1.165) is 70.4 Å². The smallest absolute Gasteiger partial charge is 0.254 e. The number of carbonyl (C=O) groups excluding carboxylic acids is 4. The van der Waals surface area contributed by atoms with Gasteiger partial charge in [0, 0.05) is 70.0 Å². The van der Waals surface area contributed by atoms with Crippen molar-refractivity contribution in [2.75, 3.05) is 57.7 Å². The van der Waals surface area contributed by atoms with E-state index in [9.17, 15) is 19.2 Å². The second-order valence-electron chi connectivity index (χ2n) is 9.62. The van der Waals surface area contributed by atoms with Gasteiger partial charge in [-0.2, -0.15) is 0 Å². The van der Waals surface area contributed by atoms with Crippen LogP contribution in [0.15, 0.2) is 18.2 Å². The molecule has 0 bridgehead atoms. The number of nitrogens with zero attached hydrogens (tertiary/aromatic N) is 3. The fraction of sp³-hybridized carbons (Fsp3) is 0.600. The van der Waals surface area contributed by atoms with Gasteiger partial charge in [-0.1, -0.05) is 6.07 Å². The van der Waals surface area contributed by atoms with Gasteiger partial charge in [0.1, 0.15) is 0 Å². The van der Waals surface area contributed by atoms with E-state index in [1.165, 1.54) is 0 Å². The maximum absolute atomic E-state index is 13.2. The number of hydrogen-bond acceptors (Lipinski definition) is 5. The maximum Gasteiger partial charge on any atom is 0.254 e. The van der Waals surface area contributed by atoms with E-state index in [1.807, 2.05) is 28.0 Å². The Kier molecular flexibility index (Phi) is 8.16. The first kappa shape index (κ1) is 24.2. The molecular weight excluding hydrogens is 434 g/mol. The van der Waals surface area contributed by atoms with Gasteiger partial charge in [-0.25, -0.2) is 0 Å². The van der Waals surface area contributed by atoms with Gasteiger partial charge in [-0.15, -0.1) is 0 Å². The lowest BCUT2D eigenvalue weighted by atomic mass is 9.96. The molecule has 9 nitrogen and oxygen atoms in total. The molecule has 0 radical (unpaired) electrons. The molecule has 184 valence electrons. The summed E-state index contributed by atoms with van der Waals surface area (Å²) in [5.41, 5.74) is 2.39. The Labute approximate surface area is 200 Å². The standard InChI is InChI=1S/C25H35N5O4/c31-17-26-8-5-24(33)27-23-15-21(3-4-22(23)20-1-2-20)25(34)30-13-11-28(12-14-30)16-19-6-9-29(18-32)10-7-19/h3-4,15,17-20H,1-2,5-14,16H2,(H,26,31)(H,27,33). The summed E-state index contributed by atoms with van der Waals surface area (Å²) in [5, 5.41) is 5.45. The van der Waals surface area contributed by atoms with Crippen LogP contribution in [0.2, 0.25) is 0 Å². The number of rotatable bonds is 10. The van der Waals surface area contributed by atoms with Crippen molar-refractivity contribution in [2.24, 2.45) is 5.92 Å². The number of anilines is 1. The maximum atomic E-state index is 13.2. The van der Waals surface area contributed by atoms with Crippen LogP contribution in [0.3, 0.4) is 0 Å². The predicted molar refractivity (Wildman–Crippen MR) is 128 cm³/mol. The summed E-state index contributed by atoms with van der Waals surface area (Å²) in [5.74, 6) is 0.878. The summed E-state index contributed by atoms with van der Waals surface area (Å²) in [6.07, 6.45) is 6.00. The van der Waals surface area contributed by atoms with Crippen LogP contribution in [0.25, 0.3) is 0 Å². The van der Waals surface area contributed by atoms with Gasteiger partial charge < -0.3 is 20.4 Å². The molecule has 3 aliphatic rings. The van der Waals surface area contributed by atoms with Gasteiger partial charge in [0.15, 0.2) is 0 Å². The van der Waals surface area contributed by atoms with E-state index in [1.54, 1.807) is 0 Å².